The predicted octanol–water partition coefficient (Wildman–Crippen LogP) is 2.44. The minimum atomic E-state index is -2.80. The van der Waals surface area contributed by atoms with Crippen LogP contribution in [-0.2, 0) is 6.61 Å². The van der Waals surface area contributed by atoms with Crippen molar-refractivity contribution in [3.05, 3.63) is 48.2 Å². The third-order valence-corrected chi connectivity index (χ3v) is 2.61. The number of hydrogen-bond acceptors (Lipinski definition) is 7. The molecular weight excluding hydrogens is 296 g/mol. The number of alkyl halides is 2. The Morgan fingerprint density at radius 2 is 2.05 bits per heavy atom. The molecule has 0 bridgehead atoms. The van der Waals surface area contributed by atoms with Gasteiger partial charge in [-0.05, 0) is 18.2 Å². The van der Waals surface area contributed by atoms with Crippen molar-refractivity contribution < 1.29 is 17.9 Å². The molecule has 0 spiro atoms. The molecule has 22 heavy (non-hydrogen) atoms. The molecule has 0 atom stereocenters. The lowest BCUT2D eigenvalue weighted by Gasteiger charge is -2.03. The van der Waals surface area contributed by atoms with Crippen molar-refractivity contribution in [3.63, 3.8) is 0 Å². The lowest BCUT2D eigenvalue weighted by Crippen LogP contribution is -2.00. The number of nitrogens with zero attached hydrogens (tertiary/aromatic N) is 5. The van der Waals surface area contributed by atoms with Gasteiger partial charge >= 0.3 is 6.43 Å². The first-order valence-corrected chi connectivity index (χ1v) is 6.20. The predicted molar refractivity (Wildman–Crippen MR) is 68.9 cm³/mol. The summed E-state index contributed by atoms with van der Waals surface area (Å²) in [6.45, 7) is 0.199. The fourth-order valence-corrected chi connectivity index (χ4v) is 1.59. The standard InChI is InChI=1S/C13H9F2N5O2/c14-11(15)13-20-19-12(22-13)8-3-4-9(16-6-8)7-21-10-2-1-5-17-18-10/h1-6,11H,7H2. The molecule has 0 radical (unpaired) electrons. The van der Waals surface area contributed by atoms with Gasteiger partial charge in [-0.25, -0.2) is 0 Å². The van der Waals surface area contributed by atoms with Crippen LogP contribution in [0.25, 0.3) is 11.5 Å². The van der Waals surface area contributed by atoms with E-state index in [0.29, 0.717) is 17.1 Å². The van der Waals surface area contributed by atoms with Crippen molar-refractivity contribution in [3.8, 4) is 17.3 Å². The number of pyridine rings is 1. The van der Waals surface area contributed by atoms with Crippen LogP contribution < -0.4 is 4.74 Å². The summed E-state index contributed by atoms with van der Waals surface area (Å²) in [5.41, 5.74) is 1.07. The van der Waals surface area contributed by atoms with Gasteiger partial charge in [-0.2, -0.15) is 13.9 Å². The fraction of sp³-hybridized carbons (Fsp3) is 0.154. The number of hydrogen-bond donors (Lipinski definition) is 0. The summed E-state index contributed by atoms with van der Waals surface area (Å²) in [6.07, 6.45) is 0.185. The Morgan fingerprint density at radius 1 is 1.14 bits per heavy atom. The van der Waals surface area contributed by atoms with Gasteiger partial charge < -0.3 is 9.15 Å². The maximum absolute atomic E-state index is 12.4. The van der Waals surface area contributed by atoms with Gasteiger partial charge in [-0.1, -0.05) is 0 Å². The second kappa shape index (κ2) is 6.20. The maximum atomic E-state index is 12.4. The molecule has 0 aromatic carbocycles. The minimum absolute atomic E-state index is 0.0100. The van der Waals surface area contributed by atoms with Gasteiger partial charge in [-0.3, -0.25) is 4.98 Å². The molecule has 112 valence electrons. The monoisotopic (exact) mass is 305 g/mol. The van der Waals surface area contributed by atoms with Crippen LogP contribution in [0.4, 0.5) is 8.78 Å². The number of ether oxygens (including phenoxy) is 1. The fourth-order valence-electron chi connectivity index (χ4n) is 1.59. The summed E-state index contributed by atoms with van der Waals surface area (Å²) in [6, 6.07) is 6.67. The van der Waals surface area contributed by atoms with E-state index in [1.807, 2.05) is 0 Å². The molecule has 0 aliphatic heterocycles. The zero-order valence-electron chi connectivity index (χ0n) is 11.1. The lowest BCUT2D eigenvalue weighted by atomic mass is 10.2. The Hall–Kier alpha value is -2.97. The van der Waals surface area contributed by atoms with Crippen molar-refractivity contribution in [2.45, 2.75) is 13.0 Å². The van der Waals surface area contributed by atoms with Crippen LogP contribution >= 0.6 is 0 Å². The van der Waals surface area contributed by atoms with E-state index < -0.39 is 12.3 Å². The highest BCUT2D eigenvalue weighted by Gasteiger charge is 2.17. The Bertz CT molecular complexity index is 734. The summed E-state index contributed by atoms with van der Waals surface area (Å²) < 4.78 is 35.0. The quantitative estimate of drug-likeness (QED) is 0.715. The van der Waals surface area contributed by atoms with Crippen LogP contribution in [0.5, 0.6) is 5.88 Å². The minimum Gasteiger partial charge on any atom is -0.470 e. The smallest absolute Gasteiger partial charge is 0.314 e. The van der Waals surface area contributed by atoms with Crippen LogP contribution in [0.1, 0.15) is 18.0 Å². The van der Waals surface area contributed by atoms with E-state index in [0.717, 1.165) is 0 Å². The molecule has 0 fully saturated rings. The van der Waals surface area contributed by atoms with Crippen molar-refractivity contribution in [2.24, 2.45) is 0 Å². The SMILES string of the molecule is FC(F)c1nnc(-c2ccc(COc3cccnn3)nc2)o1. The molecule has 3 aromatic rings. The van der Waals surface area contributed by atoms with Crippen LogP contribution in [0.15, 0.2) is 41.1 Å². The molecule has 9 heteroatoms. The average Bonchev–Trinajstić information content (AvgIpc) is 3.05. The second-order valence-electron chi connectivity index (χ2n) is 4.13. The van der Waals surface area contributed by atoms with Gasteiger partial charge in [-0.15, -0.1) is 15.3 Å². The topological polar surface area (TPSA) is 86.8 Å². The normalized spacial score (nSPS) is 10.9. The summed E-state index contributed by atoms with van der Waals surface area (Å²) in [5, 5.41) is 14.3. The number of rotatable bonds is 5. The molecule has 7 nitrogen and oxygen atoms in total. The third-order valence-electron chi connectivity index (χ3n) is 2.61. The molecule has 0 unspecified atom stereocenters. The summed E-state index contributed by atoms with van der Waals surface area (Å²) in [5.74, 6) is -0.346. The molecule has 0 saturated carbocycles. The highest BCUT2D eigenvalue weighted by molar-refractivity contribution is 5.50. The van der Waals surface area contributed by atoms with Crippen molar-refractivity contribution in [2.75, 3.05) is 0 Å². The number of halogens is 2. The van der Waals surface area contributed by atoms with Crippen LogP contribution in [0.2, 0.25) is 0 Å². The Kier molecular flexibility index (Phi) is 3.95. The molecule has 0 N–H and O–H groups in total. The lowest BCUT2D eigenvalue weighted by molar-refractivity contribution is 0.116. The first-order chi connectivity index (χ1) is 10.7. The number of aromatic nitrogens is 5. The van der Waals surface area contributed by atoms with Crippen molar-refractivity contribution >= 4 is 0 Å². The molecular formula is C13H9F2N5O2. The van der Waals surface area contributed by atoms with Gasteiger partial charge in [0.05, 0.1) is 11.3 Å². The van der Waals surface area contributed by atoms with Crippen molar-refractivity contribution in [1.82, 2.24) is 25.4 Å². The Morgan fingerprint density at radius 3 is 2.68 bits per heavy atom. The molecule has 0 amide bonds. The van der Waals surface area contributed by atoms with Crippen LogP contribution in [0.3, 0.4) is 0 Å². The molecule has 0 aliphatic rings. The molecule has 3 rings (SSSR count). The molecule has 3 aromatic heterocycles. The summed E-state index contributed by atoms with van der Waals surface area (Å²) >= 11 is 0. The van der Waals surface area contributed by atoms with Gasteiger partial charge in [0.1, 0.15) is 6.61 Å². The van der Waals surface area contributed by atoms with Crippen LogP contribution in [-0.4, -0.2) is 25.4 Å². The molecule has 0 saturated heterocycles. The van der Waals surface area contributed by atoms with E-state index in [1.54, 1.807) is 24.3 Å². The zero-order chi connectivity index (χ0) is 15.4. The average molecular weight is 305 g/mol. The molecule has 3 heterocycles. The Labute approximate surface area is 123 Å². The van der Waals surface area contributed by atoms with Crippen molar-refractivity contribution in [1.29, 1.82) is 0 Å². The van der Waals surface area contributed by atoms with Gasteiger partial charge in [0.2, 0.25) is 11.8 Å². The summed E-state index contributed by atoms with van der Waals surface area (Å²) in [4.78, 5) is 4.14. The van der Waals surface area contributed by atoms with Gasteiger partial charge in [0.15, 0.2) is 0 Å². The Balaban J connectivity index is 1.67. The highest BCUT2D eigenvalue weighted by Crippen LogP contribution is 2.22. The van der Waals surface area contributed by atoms with E-state index in [2.05, 4.69) is 25.4 Å². The highest BCUT2D eigenvalue weighted by atomic mass is 19.3. The first-order valence-electron chi connectivity index (χ1n) is 6.20. The van der Waals surface area contributed by atoms with E-state index in [9.17, 15) is 8.78 Å². The second-order valence-corrected chi connectivity index (χ2v) is 4.13. The van der Waals surface area contributed by atoms with Gasteiger partial charge in [0, 0.05) is 18.5 Å². The first kappa shape index (κ1) is 14.0. The summed E-state index contributed by atoms with van der Waals surface area (Å²) in [7, 11) is 0. The van der Waals surface area contributed by atoms with E-state index in [4.69, 9.17) is 9.15 Å². The van der Waals surface area contributed by atoms with E-state index in [-0.39, 0.29) is 12.5 Å². The zero-order valence-corrected chi connectivity index (χ0v) is 11.1. The third kappa shape index (κ3) is 3.19. The van der Waals surface area contributed by atoms with Gasteiger partial charge in [0.25, 0.3) is 5.89 Å². The largest absolute Gasteiger partial charge is 0.470 e. The van der Waals surface area contributed by atoms with Crippen LogP contribution in [0, 0.1) is 0 Å². The molecule has 0 aliphatic carbocycles. The maximum Gasteiger partial charge on any atom is 0.314 e. The van der Waals surface area contributed by atoms with E-state index >= 15 is 0 Å². The van der Waals surface area contributed by atoms with E-state index in [1.165, 1.54) is 12.4 Å².